The van der Waals surface area contributed by atoms with Crippen LogP contribution in [0.2, 0.25) is 0 Å². The van der Waals surface area contributed by atoms with Crippen molar-refractivity contribution in [3.63, 3.8) is 0 Å². The molecule has 1 aliphatic carbocycles. The number of aliphatic carboxylic acids is 1. The summed E-state index contributed by atoms with van der Waals surface area (Å²) in [6, 6.07) is 0. The van der Waals surface area contributed by atoms with Crippen LogP contribution in [0.15, 0.2) is 11.6 Å². The summed E-state index contributed by atoms with van der Waals surface area (Å²) in [7, 11) is 0. The van der Waals surface area contributed by atoms with Crippen LogP contribution in [0.1, 0.15) is 24.3 Å². The minimum atomic E-state index is -5.08. The Morgan fingerprint density at radius 1 is 1.22 bits per heavy atom. The highest BCUT2D eigenvalue weighted by molar-refractivity contribution is 7.09. The molecule has 1 aromatic heterocycles. The molecule has 4 rings (SSSR count). The topological polar surface area (TPSA) is 73.7 Å². The molecule has 1 N–H and O–H groups in total. The van der Waals surface area contributed by atoms with E-state index in [1.165, 1.54) is 30.9 Å². The Morgan fingerprint density at radius 2 is 1.81 bits per heavy atom. The van der Waals surface area contributed by atoms with E-state index < -0.39 is 12.1 Å². The van der Waals surface area contributed by atoms with Crippen molar-refractivity contribution in [1.29, 1.82) is 0 Å². The fourth-order valence-corrected chi connectivity index (χ4v) is 4.65. The largest absolute Gasteiger partial charge is 0.490 e. The summed E-state index contributed by atoms with van der Waals surface area (Å²) < 4.78 is 31.7. The Kier molecular flexibility index (Phi) is 6.05. The number of alkyl halides is 3. The van der Waals surface area contributed by atoms with Crippen molar-refractivity contribution in [3.05, 3.63) is 16.6 Å². The molecule has 10 heteroatoms. The molecule has 0 bridgehead atoms. The molecule has 0 spiro atoms. The van der Waals surface area contributed by atoms with E-state index in [4.69, 9.17) is 9.90 Å². The number of aromatic nitrogens is 1. The number of carboxylic acids is 1. The van der Waals surface area contributed by atoms with Crippen molar-refractivity contribution in [2.45, 2.75) is 32.0 Å². The molecule has 2 saturated heterocycles. The molecule has 6 nitrogen and oxygen atoms in total. The van der Waals surface area contributed by atoms with E-state index in [0.717, 1.165) is 37.9 Å². The monoisotopic (exact) mass is 405 g/mol. The number of hydrogen-bond acceptors (Lipinski definition) is 5. The Morgan fingerprint density at radius 3 is 2.30 bits per heavy atom. The summed E-state index contributed by atoms with van der Waals surface area (Å²) in [4.78, 5) is 30.0. The van der Waals surface area contributed by atoms with Gasteiger partial charge in [0.1, 0.15) is 5.01 Å². The number of hydrogen-bond donors (Lipinski definition) is 1. The minimum Gasteiger partial charge on any atom is -0.475 e. The maximum absolute atomic E-state index is 12.2. The van der Waals surface area contributed by atoms with Crippen LogP contribution < -0.4 is 0 Å². The van der Waals surface area contributed by atoms with Gasteiger partial charge in [-0.25, -0.2) is 9.78 Å². The zero-order chi connectivity index (χ0) is 19.6. The van der Waals surface area contributed by atoms with E-state index >= 15 is 0 Å². The van der Waals surface area contributed by atoms with Gasteiger partial charge in [0.05, 0.1) is 6.54 Å². The van der Waals surface area contributed by atoms with Crippen molar-refractivity contribution < 1.29 is 27.9 Å². The quantitative estimate of drug-likeness (QED) is 0.833. The molecule has 3 atom stereocenters. The minimum absolute atomic E-state index is 0.411. The Labute approximate surface area is 159 Å². The van der Waals surface area contributed by atoms with Gasteiger partial charge in [-0.2, -0.15) is 13.2 Å². The number of carbonyl (C=O) groups excluding carboxylic acids is 1. The molecule has 1 amide bonds. The van der Waals surface area contributed by atoms with Crippen LogP contribution in [0.4, 0.5) is 13.2 Å². The van der Waals surface area contributed by atoms with E-state index in [-0.39, 0.29) is 0 Å². The second-order valence-electron chi connectivity index (χ2n) is 7.21. The zero-order valence-electron chi connectivity index (χ0n) is 14.7. The van der Waals surface area contributed by atoms with Crippen LogP contribution in [-0.2, 0) is 16.1 Å². The number of nitrogens with zero attached hydrogens (tertiary/aromatic N) is 3. The summed E-state index contributed by atoms with van der Waals surface area (Å²) in [6.07, 6.45) is 0.00442. The fraction of sp³-hybridized carbons (Fsp3) is 0.706. The molecule has 1 saturated carbocycles. The Hall–Kier alpha value is -1.68. The third-order valence-electron chi connectivity index (χ3n) is 5.40. The fourth-order valence-electron chi connectivity index (χ4n) is 3.99. The van der Waals surface area contributed by atoms with Crippen molar-refractivity contribution in [3.8, 4) is 0 Å². The average Bonchev–Trinajstić information content (AvgIpc) is 3.17. The number of piperidine rings is 1. The predicted octanol–water partition coefficient (Wildman–Crippen LogP) is 2.47. The van der Waals surface area contributed by atoms with Gasteiger partial charge >= 0.3 is 12.1 Å². The average molecular weight is 405 g/mol. The number of amides is 1. The molecule has 150 valence electrons. The molecule has 1 unspecified atom stereocenters. The number of rotatable bonds is 4. The summed E-state index contributed by atoms with van der Waals surface area (Å²) >= 11 is 1.74. The molecule has 0 aromatic carbocycles. The number of carbonyl (C=O) groups is 2. The highest BCUT2D eigenvalue weighted by Gasteiger charge is 2.56. The first-order valence-electron chi connectivity index (χ1n) is 8.94. The van der Waals surface area contributed by atoms with Gasteiger partial charge < -0.3 is 10.0 Å². The first-order valence-corrected chi connectivity index (χ1v) is 9.82. The van der Waals surface area contributed by atoms with Crippen LogP contribution in [0, 0.1) is 17.8 Å². The molecule has 1 aromatic rings. The highest BCUT2D eigenvalue weighted by atomic mass is 32.1. The molecular formula is C17H22F3N3O3S. The Bertz CT molecular complexity index is 650. The molecular weight excluding hydrogens is 383 g/mol. The van der Waals surface area contributed by atoms with Gasteiger partial charge in [-0.3, -0.25) is 9.69 Å². The van der Waals surface area contributed by atoms with E-state index in [9.17, 15) is 18.0 Å². The molecule has 0 radical (unpaired) electrons. The van der Waals surface area contributed by atoms with Crippen molar-refractivity contribution >= 4 is 23.2 Å². The maximum Gasteiger partial charge on any atom is 0.490 e. The van der Waals surface area contributed by atoms with Gasteiger partial charge in [-0.05, 0) is 30.6 Å². The normalized spacial score (nSPS) is 27.1. The van der Waals surface area contributed by atoms with Crippen molar-refractivity contribution in [2.75, 3.05) is 26.2 Å². The van der Waals surface area contributed by atoms with Gasteiger partial charge in [0.15, 0.2) is 0 Å². The third kappa shape index (κ3) is 5.19. The molecule has 27 heavy (non-hydrogen) atoms. The van der Waals surface area contributed by atoms with Gasteiger partial charge in [-0.15, -0.1) is 11.3 Å². The smallest absolute Gasteiger partial charge is 0.475 e. The standard InChI is InChI=1S/C15H21N3OS.C2HF3O2/c19-15(18-4-1-2-5-18)7-11-12-8-17(9-13(11)12)10-14-16-3-6-20-14;3-2(4,5)1(6)7/h3,6,11-13H,1-2,4-5,7-10H2;(H,6,7)/t11?,12-,13+;. The lowest BCUT2D eigenvalue weighted by atomic mass is 10.2. The second-order valence-corrected chi connectivity index (χ2v) is 8.19. The first kappa shape index (κ1) is 20.1. The number of likely N-dealkylation sites (tertiary alicyclic amines) is 2. The summed E-state index contributed by atoms with van der Waals surface area (Å²) in [5.41, 5.74) is 0. The van der Waals surface area contributed by atoms with E-state index in [1.54, 1.807) is 11.3 Å². The second kappa shape index (κ2) is 8.14. The van der Waals surface area contributed by atoms with Gasteiger partial charge in [0.25, 0.3) is 0 Å². The number of thiazole rings is 1. The molecule has 3 heterocycles. The summed E-state index contributed by atoms with van der Waals surface area (Å²) in [6.45, 7) is 5.33. The lowest BCUT2D eigenvalue weighted by Crippen LogP contribution is -2.30. The molecule has 2 aliphatic heterocycles. The SMILES string of the molecule is O=C(CC1[C@H]2CN(Cc3nccs3)C[C@@H]12)N1CCCC1.O=C(O)C(F)(F)F. The van der Waals surface area contributed by atoms with Gasteiger partial charge in [0, 0.05) is 44.2 Å². The van der Waals surface area contributed by atoms with E-state index in [2.05, 4.69) is 14.8 Å². The third-order valence-corrected chi connectivity index (χ3v) is 6.17. The van der Waals surface area contributed by atoms with Crippen LogP contribution in [0.5, 0.6) is 0 Å². The van der Waals surface area contributed by atoms with Gasteiger partial charge in [0.2, 0.25) is 5.91 Å². The van der Waals surface area contributed by atoms with E-state index in [1.807, 2.05) is 11.6 Å². The van der Waals surface area contributed by atoms with Gasteiger partial charge in [-0.1, -0.05) is 0 Å². The molecule has 3 fully saturated rings. The van der Waals surface area contributed by atoms with Crippen molar-refractivity contribution in [1.82, 2.24) is 14.8 Å². The number of carboxylic acid groups (broad SMARTS) is 1. The van der Waals surface area contributed by atoms with Crippen LogP contribution in [0.3, 0.4) is 0 Å². The zero-order valence-corrected chi connectivity index (χ0v) is 15.5. The number of halogens is 3. The number of fused-ring (bicyclic) bond motifs is 1. The predicted molar refractivity (Wildman–Crippen MR) is 92.0 cm³/mol. The van der Waals surface area contributed by atoms with E-state index in [0.29, 0.717) is 11.8 Å². The lowest BCUT2D eigenvalue weighted by molar-refractivity contribution is -0.192. The van der Waals surface area contributed by atoms with Crippen LogP contribution in [-0.4, -0.2) is 64.1 Å². The Balaban J connectivity index is 0.000000260. The van der Waals surface area contributed by atoms with Crippen LogP contribution in [0.25, 0.3) is 0 Å². The van der Waals surface area contributed by atoms with Crippen molar-refractivity contribution in [2.24, 2.45) is 17.8 Å². The molecule has 3 aliphatic rings. The summed E-state index contributed by atoms with van der Waals surface area (Å²) in [5, 5.41) is 10.4. The first-order chi connectivity index (χ1) is 12.8. The lowest BCUT2D eigenvalue weighted by Gasteiger charge is -2.19. The summed E-state index contributed by atoms with van der Waals surface area (Å²) in [5.74, 6) is -0.112. The van der Waals surface area contributed by atoms with Crippen LogP contribution >= 0.6 is 11.3 Å². The highest BCUT2D eigenvalue weighted by Crippen LogP contribution is 2.54. The maximum atomic E-state index is 12.2.